The normalized spacial score (nSPS) is 2.50. The third kappa shape index (κ3) is 41.2. The molecule has 0 aliphatic heterocycles. The molecule has 0 saturated carbocycles. The van der Waals surface area contributed by atoms with Gasteiger partial charge in [-0.25, -0.2) is 0 Å². The molecule has 0 spiro atoms. The van der Waals surface area contributed by atoms with Crippen molar-refractivity contribution in [2.24, 2.45) is 0 Å². The zero-order chi connectivity index (χ0) is 4.00. The summed E-state index contributed by atoms with van der Waals surface area (Å²) in [4.78, 5) is 0. The Labute approximate surface area is 34.6 Å². The molecule has 0 aliphatic rings. The van der Waals surface area contributed by atoms with E-state index in [-0.39, 0.29) is 0 Å². The number of hydrogen-bond acceptors (Lipinski definition) is 2. The van der Waals surface area contributed by atoms with Crippen LogP contribution in [0.4, 0.5) is 0 Å². The second kappa shape index (κ2) is 183. The summed E-state index contributed by atoms with van der Waals surface area (Å²) < 4.78 is 16.2. The predicted octanol–water partition coefficient (Wildman–Crippen LogP) is -1.16. The fourth-order valence-electron chi connectivity index (χ4n) is 0. The quantitative estimate of drug-likeness (QED) is 0.379. The van der Waals surface area contributed by atoms with Crippen LogP contribution in [0, 0.1) is 0 Å². The first-order chi connectivity index (χ1) is 2.00. The molecule has 4 heteroatoms. The van der Waals surface area contributed by atoms with Crippen molar-refractivity contribution in [3.8, 4) is 0 Å². The summed E-state index contributed by atoms with van der Waals surface area (Å²) in [5.41, 5.74) is 0. The Morgan fingerprint density at radius 2 is 1.25 bits per heavy atom. The molecule has 0 aromatic rings. The first-order valence-electron chi connectivity index (χ1n) is 0.418. The van der Waals surface area contributed by atoms with Gasteiger partial charge in [0, 0.05) is 0 Å². The van der Waals surface area contributed by atoms with Gasteiger partial charge in [0.05, 0.1) is 0 Å². The second-order valence-corrected chi connectivity index (χ2v) is 0. The number of hydrogen-bond donors (Lipinski definition) is 0. The molecule has 0 atom stereocenters. The molecule has 0 radical (unpaired) electrons. The summed E-state index contributed by atoms with van der Waals surface area (Å²) in [6, 6.07) is 0. The topological polar surface area (TPSA) is 34.1 Å². The molecule has 0 aliphatic carbocycles. The fraction of sp³-hybridized carbons (Fsp3) is 0. The molecular formula is H2NiO2Si. The van der Waals surface area contributed by atoms with E-state index in [2.05, 4.69) is 15.4 Å². The third-order valence-corrected chi connectivity index (χ3v) is 0. The van der Waals surface area contributed by atoms with Crippen LogP contribution < -0.4 is 0 Å². The Morgan fingerprint density at radius 3 is 1.25 bits per heavy atom. The maximum absolute atomic E-state index is 8.28. The summed E-state index contributed by atoms with van der Waals surface area (Å²) in [5.74, 6) is 0. The van der Waals surface area contributed by atoms with Gasteiger partial charge in [0.2, 0.25) is 10.1 Å². The molecule has 0 rings (SSSR count). The Morgan fingerprint density at radius 1 is 1.25 bits per heavy atom. The van der Waals surface area contributed by atoms with Crippen molar-refractivity contribution in [1.29, 1.82) is 0 Å². The van der Waals surface area contributed by atoms with Crippen molar-refractivity contribution in [1.82, 2.24) is 0 Å². The van der Waals surface area contributed by atoms with Gasteiger partial charge in [-0.15, -0.1) is 0 Å². The predicted molar refractivity (Wildman–Crippen MR) is 9.92 cm³/mol. The van der Waals surface area contributed by atoms with E-state index in [1.807, 2.05) is 0 Å². The van der Waals surface area contributed by atoms with Crippen LogP contribution in [0.15, 0.2) is 0 Å². The molecule has 0 fully saturated rings. The van der Waals surface area contributed by atoms with E-state index in [0.29, 0.717) is 10.1 Å². The van der Waals surface area contributed by atoms with Gasteiger partial charge in [0.1, 0.15) is 0 Å². The average Bonchev–Trinajstić information content (AvgIpc) is 1.50. The molecule has 0 aromatic heterocycles. The van der Waals surface area contributed by atoms with E-state index in [1.165, 1.54) is 0 Å². The van der Waals surface area contributed by atoms with Crippen LogP contribution in [0.2, 0.25) is 0 Å². The second-order valence-electron chi connectivity index (χ2n) is 0. The van der Waals surface area contributed by atoms with Crippen molar-refractivity contribution in [3.63, 3.8) is 0 Å². The van der Waals surface area contributed by atoms with Gasteiger partial charge in [-0.05, 0) is 0 Å². The van der Waals surface area contributed by atoms with Crippen molar-refractivity contribution >= 4 is 10.1 Å². The van der Waals surface area contributed by atoms with E-state index >= 15 is 0 Å². The summed E-state index contributed by atoms with van der Waals surface area (Å²) in [7, 11) is 0.611. The average molecular weight is 121 g/mol. The van der Waals surface area contributed by atoms with E-state index in [1.54, 1.807) is 0 Å². The van der Waals surface area contributed by atoms with Gasteiger partial charge >= 0.3 is 19.3 Å². The Kier molecular flexibility index (Phi) is 406. The van der Waals surface area contributed by atoms with Crippen LogP contribution in [-0.4, -0.2) is 10.1 Å². The Bertz CT molecular complexity index is 8.00. The fourth-order valence-corrected chi connectivity index (χ4v) is 0. The summed E-state index contributed by atoms with van der Waals surface area (Å²) in [6.45, 7) is 0. The van der Waals surface area contributed by atoms with Gasteiger partial charge in [0.25, 0.3) is 0 Å². The third-order valence-electron chi connectivity index (χ3n) is 0. The van der Waals surface area contributed by atoms with Crippen molar-refractivity contribution in [2.45, 2.75) is 0 Å². The minimum atomic E-state index is 0.611. The maximum atomic E-state index is 8.28. The first kappa shape index (κ1) is 8.85. The van der Waals surface area contributed by atoms with Crippen molar-refractivity contribution in [3.05, 3.63) is 0 Å². The molecule has 28 valence electrons. The summed E-state index contributed by atoms with van der Waals surface area (Å²) in [5, 5.41) is 0. The molecule has 0 saturated heterocycles. The summed E-state index contributed by atoms with van der Waals surface area (Å²) in [6.07, 6.45) is 0. The van der Waals surface area contributed by atoms with E-state index in [9.17, 15) is 0 Å². The molecule has 0 N–H and O–H groups in total. The van der Waals surface area contributed by atoms with Crippen molar-refractivity contribution < 1.29 is 23.8 Å². The molecule has 2 nitrogen and oxygen atoms in total. The van der Waals surface area contributed by atoms with Gasteiger partial charge < -0.3 is 4.46 Å². The zero-order valence-electron chi connectivity index (χ0n) is 1.84. The summed E-state index contributed by atoms with van der Waals surface area (Å²) >= 11 is 2.62. The van der Waals surface area contributed by atoms with Crippen LogP contribution in [-0.2, 0) is 23.8 Å². The van der Waals surface area contributed by atoms with E-state index in [0.717, 1.165) is 0 Å². The monoisotopic (exact) mass is 120 g/mol. The SMILES string of the molecule is O=[SiH2].[O]=[Ni]. The molecule has 0 aromatic carbocycles. The van der Waals surface area contributed by atoms with Crippen LogP contribution in [0.5, 0.6) is 0 Å². The molecular weight excluding hydrogens is 119 g/mol. The van der Waals surface area contributed by atoms with E-state index < -0.39 is 0 Å². The van der Waals surface area contributed by atoms with Gasteiger partial charge in [-0.2, -0.15) is 0 Å². The standard InChI is InChI=1S/Ni.H2OSi.O/c;1-2;/h;2H2;. The van der Waals surface area contributed by atoms with Crippen LogP contribution in [0.25, 0.3) is 0 Å². The molecule has 4 heavy (non-hydrogen) atoms. The minimum absolute atomic E-state index is 0.611. The van der Waals surface area contributed by atoms with Crippen LogP contribution in [0.3, 0.4) is 0 Å². The zero-order valence-corrected chi connectivity index (χ0v) is 4.24. The first-order valence-corrected chi connectivity index (χ1v) is 1.40. The Balaban J connectivity index is 0. The Hall–Kier alpha value is 0.310. The molecule has 0 heterocycles. The van der Waals surface area contributed by atoms with Gasteiger partial charge in [-0.3, -0.25) is 0 Å². The van der Waals surface area contributed by atoms with Crippen LogP contribution >= 0.6 is 0 Å². The van der Waals surface area contributed by atoms with E-state index in [4.69, 9.17) is 8.36 Å². The molecule has 0 amide bonds. The van der Waals surface area contributed by atoms with Crippen LogP contribution in [0.1, 0.15) is 0 Å². The molecule has 0 unspecified atom stereocenters. The van der Waals surface area contributed by atoms with Gasteiger partial charge in [-0.1, -0.05) is 0 Å². The molecule has 0 bridgehead atoms. The van der Waals surface area contributed by atoms with Gasteiger partial charge in [0.15, 0.2) is 0 Å². The number of rotatable bonds is 0. The van der Waals surface area contributed by atoms with Crippen molar-refractivity contribution in [2.75, 3.05) is 0 Å².